The minimum Gasteiger partial charge on any atom is -0.396 e. The summed E-state index contributed by atoms with van der Waals surface area (Å²) in [6.07, 6.45) is 0.637. The fraction of sp³-hybridized carbons (Fsp3) is 0.400. The largest absolute Gasteiger partial charge is 0.396 e. The summed E-state index contributed by atoms with van der Waals surface area (Å²) in [6, 6.07) is 1.78. The van der Waals surface area contributed by atoms with E-state index in [1.165, 1.54) is 0 Å². The molecule has 0 bridgehead atoms. The fourth-order valence-corrected chi connectivity index (χ4v) is 2.27. The van der Waals surface area contributed by atoms with Crippen LogP contribution in [0.1, 0.15) is 20.3 Å². The molecule has 1 aromatic rings. The van der Waals surface area contributed by atoms with E-state index < -0.39 is 22.4 Å². The molecule has 0 aromatic heterocycles. The second-order valence-corrected chi connectivity index (χ2v) is 5.16. The van der Waals surface area contributed by atoms with Gasteiger partial charge in [0.2, 0.25) is 0 Å². The van der Waals surface area contributed by atoms with Gasteiger partial charge in [0, 0.05) is 11.3 Å². The van der Waals surface area contributed by atoms with Crippen molar-refractivity contribution >= 4 is 16.5 Å². The Hall–Kier alpha value is -0.970. The third-order valence-electron chi connectivity index (χ3n) is 2.21. The van der Waals surface area contributed by atoms with E-state index in [9.17, 15) is 13.0 Å². The topological polar surface area (TPSA) is 43.1 Å². The highest BCUT2D eigenvalue weighted by Crippen LogP contribution is 2.22. The molecule has 84 valence electrons. The van der Waals surface area contributed by atoms with Crippen molar-refractivity contribution in [3.8, 4) is 0 Å². The van der Waals surface area contributed by atoms with Crippen LogP contribution in [-0.4, -0.2) is 9.46 Å². The molecule has 0 saturated carbocycles. The summed E-state index contributed by atoms with van der Waals surface area (Å²) in [4.78, 5) is -0.115. The third-order valence-corrected chi connectivity index (χ3v) is 4.02. The molecular formula is C10H13F2NOS. The molecule has 5 heteroatoms. The van der Waals surface area contributed by atoms with Crippen LogP contribution in [0.15, 0.2) is 17.0 Å². The number of nitrogen functional groups attached to an aromatic ring is 1. The summed E-state index contributed by atoms with van der Waals surface area (Å²) in [5.74, 6) is -1.45. The maximum atomic E-state index is 13.3. The molecule has 0 fully saturated rings. The Labute approximate surface area is 89.9 Å². The number of hydrogen-bond acceptors (Lipinski definition) is 2. The Balaban J connectivity index is 3.15. The molecule has 0 saturated heterocycles. The Bertz CT molecular complexity index is 395. The van der Waals surface area contributed by atoms with Gasteiger partial charge in [-0.15, -0.1) is 0 Å². The van der Waals surface area contributed by atoms with Crippen LogP contribution in [0, 0.1) is 11.6 Å². The average Bonchev–Trinajstić information content (AvgIpc) is 2.21. The molecule has 0 aliphatic heterocycles. The van der Waals surface area contributed by atoms with E-state index >= 15 is 0 Å². The van der Waals surface area contributed by atoms with Gasteiger partial charge in [-0.2, -0.15) is 0 Å². The summed E-state index contributed by atoms with van der Waals surface area (Å²) in [7, 11) is -1.53. The van der Waals surface area contributed by atoms with E-state index in [-0.39, 0.29) is 15.8 Å². The maximum Gasteiger partial charge on any atom is 0.147 e. The summed E-state index contributed by atoms with van der Waals surface area (Å²) >= 11 is 0. The van der Waals surface area contributed by atoms with Crippen LogP contribution in [0.2, 0.25) is 0 Å². The van der Waals surface area contributed by atoms with Crippen molar-refractivity contribution in [1.29, 1.82) is 0 Å². The van der Waals surface area contributed by atoms with Crippen molar-refractivity contribution in [3.63, 3.8) is 0 Å². The van der Waals surface area contributed by atoms with Crippen LogP contribution < -0.4 is 5.73 Å². The van der Waals surface area contributed by atoms with Gasteiger partial charge in [0.05, 0.1) is 21.4 Å². The van der Waals surface area contributed by atoms with Gasteiger partial charge >= 0.3 is 0 Å². The molecule has 0 heterocycles. The lowest BCUT2D eigenvalue weighted by Crippen LogP contribution is -2.11. The second kappa shape index (κ2) is 4.70. The third kappa shape index (κ3) is 2.53. The molecule has 2 nitrogen and oxygen atoms in total. The normalized spacial score (nSPS) is 14.9. The van der Waals surface area contributed by atoms with Crippen molar-refractivity contribution in [2.24, 2.45) is 0 Å². The molecule has 2 unspecified atom stereocenters. The highest BCUT2D eigenvalue weighted by Gasteiger charge is 2.17. The van der Waals surface area contributed by atoms with E-state index in [0.29, 0.717) is 6.42 Å². The Kier molecular flexibility index (Phi) is 3.79. The van der Waals surface area contributed by atoms with Gasteiger partial charge in [-0.1, -0.05) is 13.8 Å². The minimum absolute atomic E-state index is 0.115. The number of benzene rings is 1. The first-order chi connectivity index (χ1) is 6.97. The first-order valence-corrected chi connectivity index (χ1v) is 5.83. The van der Waals surface area contributed by atoms with Crippen LogP contribution in [0.4, 0.5) is 14.5 Å². The molecule has 0 aliphatic carbocycles. The Morgan fingerprint density at radius 2 is 2.00 bits per heavy atom. The molecule has 2 atom stereocenters. The fourth-order valence-electron chi connectivity index (χ4n) is 1.07. The number of rotatable bonds is 3. The zero-order chi connectivity index (χ0) is 11.6. The number of anilines is 1. The summed E-state index contributed by atoms with van der Waals surface area (Å²) in [5.41, 5.74) is 4.92. The van der Waals surface area contributed by atoms with E-state index in [2.05, 4.69) is 0 Å². The summed E-state index contributed by atoms with van der Waals surface area (Å²) in [5, 5.41) is -0.206. The van der Waals surface area contributed by atoms with Gasteiger partial charge in [-0.3, -0.25) is 4.21 Å². The van der Waals surface area contributed by atoms with Crippen molar-refractivity contribution in [2.45, 2.75) is 30.4 Å². The predicted molar refractivity (Wildman–Crippen MR) is 56.9 cm³/mol. The molecule has 1 rings (SSSR count). The van der Waals surface area contributed by atoms with Crippen molar-refractivity contribution < 1.29 is 13.0 Å². The average molecular weight is 233 g/mol. The van der Waals surface area contributed by atoms with Crippen LogP contribution in [-0.2, 0) is 10.8 Å². The maximum absolute atomic E-state index is 13.3. The molecule has 0 aliphatic rings. The van der Waals surface area contributed by atoms with Crippen LogP contribution >= 0.6 is 0 Å². The highest BCUT2D eigenvalue weighted by atomic mass is 32.2. The minimum atomic E-state index is -1.53. The zero-order valence-corrected chi connectivity index (χ0v) is 9.41. The van der Waals surface area contributed by atoms with Crippen LogP contribution in [0.25, 0.3) is 0 Å². The standard InChI is InChI=1S/C10H13F2NOS/c1-3-6(2)15(14)10-5-7(11)9(13)4-8(10)12/h4-6H,3,13H2,1-2H3. The van der Waals surface area contributed by atoms with Gasteiger partial charge in [0.1, 0.15) is 11.6 Å². The summed E-state index contributed by atoms with van der Waals surface area (Å²) in [6.45, 7) is 3.57. The van der Waals surface area contributed by atoms with Gasteiger partial charge < -0.3 is 5.73 Å². The molecule has 0 spiro atoms. The number of hydrogen-bond donors (Lipinski definition) is 1. The Morgan fingerprint density at radius 3 is 2.53 bits per heavy atom. The smallest absolute Gasteiger partial charge is 0.147 e. The quantitative estimate of drug-likeness (QED) is 0.815. The molecular weight excluding hydrogens is 220 g/mol. The summed E-state index contributed by atoms with van der Waals surface area (Å²) < 4.78 is 38.1. The molecule has 2 N–H and O–H groups in total. The molecule has 0 radical (unpaired) electrons. The first-order valence-electron chi connectivity index (χ1n) is 4.62. The van der Waals surface area contributed by atoms with E-state index in [0.717, 1.165) is 12.1 Å². The molecule has 0 amide bonds. The van der Waals surface area contributed by atoms with Crippen molar-refractivity contribution in [1.82, 2.24) is 0 Å². The Morgan fingerprint density at radius 1 is 1.40 bits per heavy atom. The van der Waals surface area contributed by atoms with Crippen molar-refractivity contribution in [2.75, 3.05) is 5.73 Å². The van der Waals surface area contributed by atoms with Gasteiger partial charge in [0.25, 0.3) is 0 Å². The second-order valence-electron chi connectivity index (χ2n) is 3.32. The lowest BCUT2D eigenvalue weighted by Gasteiger charge is -2.10. The lowest BCUT2D eigenvalue weighted by molar-refractivity contribution is 0.573. The van der Waals surface area contributed by atoms with Crippen LogP contribution in [0.3, 0.4) is 0 Å². The monoisotopic (exact) mass is 233 g/mol. The number of nitrogens with two attached hydrogens (primary N) is 1. The molecule has 1 aromatic carbocycles. The number of halogens is 2. The molecule has 15 heavy (non-hydrogen) atoms. The highest BCUT2D eigenvalue weighted by molar-refractivity contribution is 7.85. The van der Waals surface area contributed by atoms with Gasteiger partial charge in [-0.25, -0.2) is 8.78 Å². The van der Waals surface area contributed by atoms with Crippen molar-refractivity contribution in [3.05, 3.63) is 23.8 Å². The van der Waals surface area contributed by atoms with E-state index in [1.54, 1.807) is 6.92 Å². The first kappa shape index (κ1) is 12.1. The SMILES string of the molecule is CCC(C)S(=O)c1cc(F)c(N)cc1F. The lowest BCUT2D eigenvalue weighted by atomic mass is 10.3. The predicted octanol–water partition coefficient (Wildman–Crippen LogP) is 2.45. The van der Waals surface area contributed by atoms with E-state index in [4.69, 9.17) is 5.73 Å². The van der Waals surface area contributed by atoms with Crippen LogP contribution in [0.5, 0.6) is 0 Å². The van der Waals surface area contributed by atoms with Gasteiger partial charge in [-0.05, 0) is 12.5 Å². The zero-order valence-electron chi connectivity index (χ0n) is 8.59. The van der Waals surface area contributed by atoms with Gasteiger partial charge in [0.15, 0.2) is 0 Å². The van der Waals surface area contributed by atoms with E-state index in [1.807, 2.05) is 6.92 Å².